The number of rotatable bonds is 4. The molecule has 0 amide bonds. The van der Waals surface area contributed by atoms with Crippen LogP contribution < -0.4 is 4.74 Å². The van der Waals surface area contributed by atoms with Gasteiger partial charge in [-0.2, -0.15) is 5.26 Å². The minimum atomic E-state index is -0.0152. The van der Waals surface area contributed by atoms with Crippen LogP contribution in [-0.2, 0) is 0 Å². The van der Waals surface area contributed by atoms with Gasteiger partial charge in [0.1, 0.15) is 0 Å². The van der Waals surface area contributed by atoms with Crippen LogP contribution in [0.15, 0.2) is 18.2 Å². The van der Waals surface area contributed by atoms with Crippen molar-refractivity contribution in [3.05, 3.63) is 23.8 Å². The van der Waals surface area contributed by atoms with Crippen LogP contribution in [0.4, 0.5) is 0 Å². The first-order chi connectivity index (χ1) is 6.77. The molecule has 0 aliphatic heterocycles. The van der Waals surface area contributed by atoms with Gasteiger partial charge >= 0.3 is 0 Å². The van der Waals surface area contributed by atoms with Crippen LogP contribution in [0.1, 0.15) is 12.0 Å². The lowest BCUT2D eigenvalue weighted by Crippen LogP contribution is -1.97. The number of halogens is 1. The fraction of sp³-hybridized carbons (Fsp3) is 0.300. The minimum absolute atomic E-state index is 0.0152. The number of benzene rings is 1. The highest BCUT2D eigenvalue weighted by Crippen LogP contribution is 2.26. The summed E-state index contributed by atoms with van der Waals surface area (Å²) in [6.45, 7) is 0.461. The van der Waals surface area contributed by atoms with Crippen molar-refractivity contribution in [1.82, 2.24) is 0 Å². The third-order valence-corrected chi connectivity index (χ3v) is 1.89. The smallest absolute Gasteiger partial charge is 0.160 e. The Morgan fingerprint density at radius 3 is 2.86 bits per heavy atom. The quantitative estimate of drug-likeness (QED) is 0.614. The summed E-state index contributed by atoms with van der Waals surface area (Å²) < 4.78 is 5.23. The summed E-state index contributed by atoms with van der Waals surface area (Å²) in [7, 11) is 0. The van der Waals surface area contributed by atoms with Gasteiger partial charge < -0.3 is 9.84 Å². The molecule has 0 aliphatic carbocycles. The molecule has 0 radical (unpaired) electrons. The van der Waals surface area contributed by atoms with E-state index in [1.165, 1.54) is 6.07 Å². The molecule has 0 heterocycles. The number of phenols is 1. The van der Waals surface area contributed by atoms with Crippen LogP contribution in [0.5, 0.6) is 11.5 Å². The van der Waals surface area contributed by atoms with E-state index in [2.05, 4.69) is 0 Å². The number of phenolic OH excluding ortho intramolecular Hbond substituents is 1. The maximum atomic E-state index is 9.41. The number of aromatic hydroxyl groups is 1. The Morgan fingerprint density at radius 1 is 1.50 bits per heavy atom. The fourth-order valence-electron chi connectivity index (χ4n) is 0.946. The largest absolute Gasteiger partial charge is 0.504 e. The Kier molecular flexibility index (Phi) is 4.09. The third kappa shape index (κ3) is 2.82. The van der Waals surface area contributed by atoms with E-state index in [-0.39, 0.29) is 5.75 Å². The number of nitriles is 1. The number of alkyl halides is 1. The summed E-state index contributed by atoms with van der Waals surface area (Å²) in [5, 5.41) is 18.0. The lowest BCUT2D eigenvalue weighted by Gasteiger charge is -2.06. The molecule has 0 aromatic heterocycles. The summed E-state index contributed by atoms with van der Waals surface area (Å²) >= 11 is 5.47. The molecule has 0 saturated carbocycles. The maximum absolute atomic E-state index is 9.41. The van der Waals surface area contributed by atoms with Crippen molar-refractivity contribution in [1.29, 1.82) is 5.26 Å². The van der Waals surface area contributed by atoms with Gasteiger partial charge in [-0.25, -0.2) is 0 Å². The van der Waals surface area contributed by atoms with E-state index < -0.39 is 0 Å². The molecule has 0 bridgehead atoms. The van der Waals surface area contributed by atoms with Gasteiger partial charge in [-0.3, -0.25) is 0 Å². The molecule has 0 atom stereocenters. The molecule has 1 aromatic rings. The monoisotopic (exact) mass is 211 g/mol. The summed E-state index contributed by atoms with van der Waals surface area (Å²) in [4.78, 5) is 0. The highest BCUT2D eigenvalue weighted by Gasteiger charge is 2.02. The van der Waals surface area contributed by atoms with Crippen molar-refractivity contribution in [2.24, 2.45) is 0 Å². The van der Waals surface area contributed by atoms with Crippen LogP contribution in [0.2, 0.25) is 0 Å². The normalized spacial score (nSPS) is 9.43. The van der Waals surface area contributed by atoms with E-state index in [9.17, 15) is 5.11 Å². The second-order valence-corrected chi connectivity index (χ2v) is 3.06. The zero-order valence-corrected chi connectivity index (χ0v) is 8.29. The molecule has 1 N–H and O–H groups in total. The summed E-state index contributed by atoms with van der Waals surface area (Å²) in [6, 6.07) is 6.46. The molecule has 3 nitrogen and oxygen atoms in total. The molecule has 74 valence electrons. The molecule has 0 fully saturated rings. The molecule has 0 spiro atoms. The standard InChI is InChI=1S/C10H10ClNO2/c11-4-1-5-14-10-3-2-8(7-12)6-9(10)13/h2-3,6,13H,1,4-5H2. The van der Waals surface area contributed by atoms with Gasteiger partial charge in [0, 0.05) is 11.9 Å². The first kappa shape index (κ1) is 10.7. The predicted molar refractivity (Wildman–Crippen MR) is 53.7 cm³/mol. The van der Waals surface area contributed by atoms with E-state index in [0.717, 1.165) is 6.42 Å². The van der Waals surface area contributed by atoms with Crippen molar-refractivity contribution in [3.8, 4) is 17.6 Å². The molecule has 1 aromatic carbocycles. The molecular formula is C10H10ClNO2. The number of hydrogen-bond donors (Lipinski definition) is 1. The number of hydrogen-bond acceptors (Lipinski definition) is 3. The maximum Gasteiger partial charge on any atom is 0.160 e. The van der Waals surface area contributed by atoms with Gasteiger partial charge in [-0.15, -0.1) is 11.6 Å². The summed E-state index contributed by atoms with van der Waals surface area (Å²) in [5.74, 6) is 0.893. The van der Waals surface area contributed by atoms with Crippen molar-refractivity contribution in [2.45, 2.75) is 6.42 Å². The molecule has 0 aliphatic rings. The Bertz CT molecular complexity index is 346. The molecule has 1 rings (SSSR count). The molecule has 0 unspecified atom stereocenters. The van der Waals surface area contributed by atoms with Crippen LogP contribution >= 0.6 is 11.6 Å². The molecule has 4 heteroatoms. The second kappa shape index (κ2) is 5.36. The van der Waals surface area contributed by atoms with E-state index in [4.69, 9.17) is 21.6 Å². The van der Waals surface area contributed by atoms with E-state index >= 15 is 0 Å². The average Bonchev–Trinajstić information content (AvgIpc) is 2.20. The predicted octanol–water partition coefficient (Wildman–Crippen LogP) is 2.27. The third-order valence-electron chi connectivity index (χ3n) is 1.62. The average molecular weight is 212 g/mol. The first-order valence-electron chi connectivity index (χ1n) is 4.20. The van der Waals surface area contributed by atoms with E-state index in [1.807, 2.05) is 6.07 Å². The van der Waals surface area contributed by atoms with Crippen LogP contribution in [0, 0.1) is 11.3 Å². The Balaban J connectivity index is 2.65. The summed E-state index contributed by atoms with van der Waals surface area (Å²) in [6.07, 6.45) is 0.723. The van der Waals surface area contributed by atoms with Crippen molar-refractivity contribution in [2.75, 3.05) is 12.5 Å². The van der Waals surface area contributed by atoms with Crippen LogP contribution in [-0.4, -0.2) is 17.6 Å². The van der Waals surface area contributed by atoms with Crippen molar-refractivity contribution < 1.29 is 9.84 Å². The lowest BCUT2D eigenvalue weighted by molar-refractivity contribution is 0.300. The van der Waals surface area contributed by atoms with E-state index in [1.54, 1.807) is 12.1 Å². The first-order valence-corrected chi connectivity index (χ1v) is 4.73. The summed E-state index contributed by atoms with van der Waals surface area (Å²) in [5.41, 5.74) is 0.409. The SMILES string of the molecule is N#Cc1ccc(OCCCCl)c(O)c1. The lowest BCUT2D eigenvalue weighted by atomic mass is 10.2. The topological polar surface area (TPSA) is 53.2 Å². The molecule has 14 heavy (non-hydrogen) atoms. The minimum Gasteiger partial charge on any atom is -0.504 e. The van der Waals surface area contributed by atoms with E-state index in [0.29, 0.717) is 23.8 Å². The number of nitrogens with zero attached hydrogens (tertiary/aromatic N) is 1. The fourth-order valence-corrected chi connectivity index (χ4v) is 1.05. The van der Waals surface area contributed by atoms with Crippen LogP contribution in [0.25, 0.3) is 0 Å². The van der Waals surface area contributed by atoms with Gasteiger partial charge in [0.25, 0.3) is 0 Å². The van der Waals surface area contributed by atoms with Gasteiger partial charge in [-0.1, -0.05) is 0 Å². The van der Waals surface area contributed by atoms with Gasteiger partial charge in [0.15, 0.2) is 11.5 Å². The highest BCUT2D eigenvalue weighted by atomic mass is 35.5. The van der Waals surface area contributed by atoms with Crippen LogP contribution in [0.3, 0.4) is 0 Å². The Morgan fingerprint density at radius 2 is 2.29 bits per heavy atom. The highest BCUT2D eigenvalue weighted by molar-refractivity contribution is 6.17. The molecule has 0 saturated heterocycles. The second-order valence-electron chi connectivity index (χ2n) is 2.69. The van der Waals surface area contributed by atoms with Gasteiger partial charge in [-0.05, 0) is 18.6 Å². The van der Waals surface area contributed by atoms with Gasteiger partial charge in [0.2, 0.25) is 0 Å². The van der Waals surface area contributed by atoms with Crippen molar-refractivity contribution >= 4 is 11.6 Å². The number of ether oxygens (including phenoxy) is 1. The Labute approximate surface area is 87.5 Å². The van der Waals surface area contributed by atoms with Crippen molar-refractivity contribution in [3.63, 3.8) is 0 Å². The zero-order valence-electron chi connectivity index (χ0n) is 7.53. The van der Waals surface area contributed by atoms with Gasteiger partial charge in [0.05, 0.1) is 18.2 Å². The Hall–Kier alpha value is -1.40. The zero-order chi connectivity index (χ0) is 10.4. The molecular weight excluding hydrogens is 202 g/mol.